The van der Waals surface area contributed by atoms with Gasteiger partial charge in [0.05, 0.1) is 17.8 Å². The predicted molar refractivity (Wildman–Crippen MR) is 165 cm³/mol. The highest BCUT2D eigenvalue weighted by atomic mass is 32.1. The second kappa shape index (κ2) is 11.3. The lowest BCUT2D eigenvalue weighted by atomic mass is 10.0. The van der Waals surface area contributed by atoms with Crippen molar-refractivity contribution >= 4 is 39.7 Å². The van der Waals surface area contributed by atoms with Crippen molar-refractivity contribution in [2.75, 3.05) is 11.9 Å². The Morgan fingerprint density at radius 1 is 0.950 bits per heavy atom. The zero-order chi connectivity index (χ0) is 27.5. The van der Waals surface area contributed by atoms with Gasteiger partial charge in [0, 0.05) is 42.4 Å². The van der Waals surface area contributed by atoms with Gasteiger partial charge in [0.2, 0.25) is 5.91 Å². The number of carbonyl (C=O) groups excluding carboxylic acids is 1. The van der Waals surface area contributed by atoms with Gasteiger partial charge in [-0.1, -0.05) is 61.5 Å². The number of para-hydroxylation sites is 1. The first-order valence-electron chi connectivity index (χ1n) is 13.6. The number of pyridine rings is 1. The molecule has 200 valence electrons. The maximum absolute atomic E-state index is 13.1. The van der Waals surface area contributed by atoms with Crippen molar-refractivity contribution in [2.45, 2.75) is 31.8 Å². The van der Waals surface area contributed by atoms with E-state index in [0.29, 0.717) is 18.1 Å². The SMILES string of the molecule is CCc1ccccc1NC(=O)CCN1C(=S)N[C@H](c2ccccn2)[C@H]1c1cccn1-c1ccc2ccccc2c1. The number of anilines is 1. The van der Waals surface area contributed by atoms with E-state index in [0.717, 1.165) is 34.7 Å². The minimum Gasteiger partial charge on any atom is -0.352 e. The lowest BCUT2D eigenvalue weighted by Crippen LogP contribution is -2.33. The molecule has 1 amide bonds. The first-order chi connectivity index (χ1) is 19.6. The van der Waals surface area contributed by atoms with Crippen LogP contribution in [0.3, 0.4) is 0 Å². The van der Waals surface area contributed by atoms with Gasteiger partial charge in [0.15, 0.2) is 5.11 Å². The molecule has 6 rings (SSSR count). The van der Waals surface area contributed by atoms with E-state index in [2.05, 4.69) is 92.8 Å². The van der Waals surface area contributed by atoms with Gasteiger partial charge in [-0.05, 0) is 77.4 Å². The van der Waals surface area contributed by atoms with E-state index in [9.17, 15) is 4.79 Å². The molecule has 0 spiro atoms. The van der Waals surface area contributed by atoms with Gasteiger partial charge in [0.1, 0.15) is 0 Å². The van der Waals surface area contributed by atoms with E-state index in [1.165, 1.54) is 10.8 Å². The number of aryl methyl sites for hydroxylation is 1. The van der Waals surface area contributed by atoms with Crippen molar-refractivity contribution < 1.29 is 4.79 Å². The van der Waals surface area contributed by atoms with Gasteiger partial charge in [-0.2, -0.15) is 0 Å². The number of thiocarbonyl (C=S) groups is 1. The maximum atomic E-state index is 13.1. The number of aromatic nitrogens is 2. The van der Waals surface area contributed by atoms with Gasteiger partial charge >= 0.3 is 0 Å². The number of benzene rings is 3. The van der Waals surface area contributed by atoms with Crippen molar-refractivity contribution in [1.29, 1.82) is 0 Å². The molecule has 0 bridgehead atoms. The average Bonchev–Trinajstić information content (AvgIpc) is 3.60. The summed E-state index contributed by atoms with van der Waals surface area (Å²) >= 11 is 5.86. The molecule has 1 saturated heterocycles. The summed E-state index contributed by atoms with van der Waals surface area (Å²) < 4.78 is 2.22. The van der Waals surface area contributed by atoms with E-state index >= 15 is 0 Å². The summed E-state index contributed by atoms with van der Waals surface area (Å²) in [5.41, 5.74) is 5.05. The molecule has 40 heavy (non-hydrogen) atoms. The summed E-state index contributed by atoms with van der Waals surface area (Å²) in [6.45, 7) is 2.56. The minimum atomic E-state index is -0.160. The second-order valence-electron chi connectivity index (χ2n) is 9.96. The van der Waals surface area contributed by atoms with Crippen molar-refractivity contribution in [1.82, 2.24) is 19.8 Å². The van der Waals surface area contributed by atoms with Crippen LogP contribution in [0.25, 0.3) is 16.5 Å². The third-order valence-electron chi connectivity index (χ3n) is 7.54. The summed E-state index contributed by atoms with van der Waals surface area (Å²) in [5.74, 6) is -0.0337. The normalized spacial score (nSPS) is 16.7. The molecular formula is C33H31N5OS. The van der Waals surface area contributed by atoms with Crippen LogP contribution in [0.15, 0.2) is 109 Å². The number of amides is 1. The Morgan fingerprint density at radius 2 is 1.75 bits per heavy atom. The first-order valence-corrected chi connectivity index (χ1v) is 14.1. The van der Waals surface area contributed by atoms with Gasteiger partial charge < -0.3 is 20.1 Å². The lowest BCUT2D eigenvalue weighted by Gasteiger charge is -2.29. The van der Waals surface area contributed by atoms with E-state index in [4.69, 9.17) is 12.2 Å². The van der Waals surface area contributed by atoms with E-state index in [1.807, 2.05) is 42.5 Å². The Bertz CT molecular complexity index is 1660. The third-order valence-corrected chi connectivity index (χ3v) is 7.90. The van der Waals surface area contributed by atoms with Crippen LogP contribution in [0.1, 0.15) is 42.4 Å². The molecular weight excluding hydrogens is 514 g/mol. The zero-order valence-corrected chi connectivity index (χ0v) is 23.1. The van der Waals surface area contributed by atoms with Crippen LogP contribution in [0, 0.1) is 0 Å². The predicted octanol–water partition coefficient (Wildman–Crippen LogP) is 6.59. The number of rotatable bonds is 8. The largest absolute Gasteiger partial charge is 0.352 e. The molecule has 2 atom stereocenters. The number of hydrogen-bond donors (Lipinski definition) is 2. The lowest BCUT2D eigenvalue weighted by molar-refractivity contribution is -0.116. The van der Waals surface area contributed by atoms with Crippen molar-refractivity contribution in [3.8, 4) is 5.69 Å². The quantitative estimate of drug-likeness (QED) is 0.216. The van der Waals surface area contributed by atoms with Crippen LogP contribution in [0.4, 0.5) is 5.69 Å². The molecule has 7 heteroatoms. The van der Waals surface area contributed by atoms with Gasteiger partial charge in [-0.25, -0.2) is 0 Å². The number of carbonyl (C=O) groups is 1. The molecule has 2 N–H and O–H groups in total. The average molecular weight is 546 g/mol. The topological polar surface area (TPSA) is 62.2 Å². The molecule has 2 aromatic heterocycles. The fourth-order valence-electron chi connectivity index (χ4n) is 5.55. The summed E-state index contributed by atoms with van der Waals surface area (Å²) in [7, 11) is 0. The summed E-state index contributed by atoms with van der Waals surface area (Å²) in [6, 6.07) is 32.6. The second-order valence-corrected chi connectivity index (χ2v) is 10.4. The molecule has 1 fully saturated rings. The Hall–Kier alpha value is -4.49. The van der Waals surface area contributed by atoms with Crippen LogP contribution in [0.5, 0.6) is 0 Å². The smallest absolute Gasteiger partial charge is 0.226 e. The van der Waals surface area contributed by atoms with E-state index in [-0.39, 0.29) is 18.0 Å². The van der Waals surface area contributed by atoms with Crippen LogP contribution < -0.4 is 10.6 Å². The standard InChI is InChI=1S/C33H31N5OS/c1-2-23-10-5-6-13-27(23)35-30(39)18-21-38-32(31(36-33(38)40)28-14-7-8-19-34-28)29-15-9-20-37(29)26-17-16-24-11-3-4-12-25(24)22-26/h3-17,19-20,22,31-32H,2,18,21H2,1H3,(H,35,39)(H,36,40)/t31-,32-/m1/s1. The van der Waals surface area contributed by atoms with E-state index < -0.39 is 0 Å². The van der Waals surface area contributed by atoms with Crippen LogP contribution in [-0.4, -0.2) is 32.0 Å². The Kier molecular flexibility index (Phi) is 7.29. The molecule has 0 saturated carbocycles. The molecule has 3 heterocycles. The molecule has 1 aliphatic heterocycles. The minimum absolute atomic E-state index is 0.0337. The molecule has 3 aromatic carbocycles. The Labute approximate surface area is 239 Å². The molecule has 0 unspecified atom stereocenters. The fourth-order valence-corrected chi connectivity index (χ4v) is 5.88. The van der Waals surface area contributed by atoms with Gasteiger partial charge in [-0.3, -0.25) is 9.78 Å². The highest BCUT2D eigenvalue weighted by molar-refractivity contribution is 7.80. The van der Waals surface area contributed by atoms with Crippen LogP contribution in [0.2, 0.25) is 0 Å². The van der Waals surface area contributed by atoms with Crippen LogP contribution in [-0.2, 0) is 11.2 Å². The summed E-state index contributed by atoms with van der Waals surface area (Å²) in [6.07, 6.45) is 5.06. The number of hydrogen-bond acceptors (Lipinski definition) is 3. The number of nitrogens with one attached hydrogen (secondary N) is 2. The third kappa shape index (κ3) is 5.08. The Morgan fingerprint density at radius 3 is 2.58 bits per heavy atom. The highest BCUT2D eigenvalue weighted by Gasteiger charge is 2.41. The fraction of sp³-hybridized carbons (Fsp3) is 0.182. The molecule has 6 nitrogen and oxygen atoms in total. The van der Waals surface area contributed by atoms with Gasteiger partial charge in [-0.15, -0.1) is 0 Å². The van der Waals surface area contributed by atoms with Crippen molar-refractivity contribution in [2.24, 2.45) is 0 Å². The van der Waals surface area contributed by atoms with Crippen molar-refractivity contribution in [3.63, 3.8) is 0 Å². The Balaban J connectivity index is 1.32. The summed E-state index contributed by atoms with van der Waals surface area (Å²) in [4.78, 5) is 19.9. The molecule has 0 radical (unpaired) electrons. The van der Waals surface area contributed by atoms with Crippen molar-refractivity contribution in [3.05, 3.63) is 126 Å². The molecule has 0 aliphatic carbocycles. The number of fused-ring (bicyclic) bond motifs is 1. The highest BCUT2D eigenvalue weighted by Crippen LogP contribution is 2.39. The zero-order valence-electron chi connectivity index (χ0n) is 22.3. The first kappa shape index (κ1) is 25.8. The van der Waals surface area contributed by atoms with Crippen LogP contribution >= 0.6 is 12.2 Å². The van der Waals surface area contributed by atoms with Gasteiger partial charge in [0.25, 0.3) is 0 Å². The van der Waals surface area contributed by atoms with E-state index in [1.54, 1.807) is 6.20 Å². The maximum Gasteiger partial charge on any atom is 0.226 e. The monoisotopic (exact) mass is 545 g/mol. The molecule has 5 aromatic rings. The molecule has 1 aliphatic rings. The summed E-state index contributed by atoms with van der Waals surface area (Å²) in [5, 5.41) is 9.61. The number of nitrogens with zero attached hydrogens (tertiary/aromatic N) is 3.